The van der Waals surface area contributed by atoms with Crippen LogP contribution < -0.4 is 10.6 Å². The molecule has 2 aliphatic rings. The van der Waals surface area contributed by atoms with Gasteiger partial charge < -0.3 is 0 Å². The van der Waals surface area contributed by atoms with Gasteiger partial charge in [-0.15, -0.1) is 0 Å². The summed E-state index contributed by atoms with van der Waals surface area (Å²) in [4.78, 5) is 0. The second kappa shape index (κ2) is 14.3. The monoisotopic (exact) mass is 448 g/mol. The summed E-state index contributed by atoms with van der Waals surface area (Å²) in [5.74, 6) is 0.917. The minimum atomic E-state index is 0.170. The van der Waals surface area contributed by atoms with Crippen molar-refractivity contribution in [2.24, 2.45) is 5.92 Å². The topological polar surface area (TPSA) is 24.1 Å². The van der Waals surface area contributed by atoms with E-state index >= 15 is 0 Å². The highest BCUT2D eigenvalue weighted by Gasteiger charge is 2.54. The predicted molar refractivity (Wildman–Crippen MR) is 143 cm³/mol. The van der Waals surface area contributed by atoms with E-state index in [0.717, 1.165) is 5.92 Å². The fourth-order valence-electron chi connectivity index (χ4n) is 6.38. The largest absolute Gasteiger partial charge is 0.292 e. The van der Waals surface area contributed by atoms with Crippen LogP contribution in [0.3, 0.4) is 0 Å². The number of unbranched alkanes of at least 4 members (excludes halogenated alkanes) is 15. The Bertz CT molecular complexity index is 465. The van der Waals surface area contributed by atoms with Crippen molar-refractivity contribution in [3.63, 3.8) is 0 Å². The van der Waals surface area contributed by atoms with Crippen molar-refractivity contribution in [2.45, 2.75) is 186 Å². The Kier molecular flexibility index (Phi) is 12.6. The molecule has 0 aromatic heterocycles. The van der Waals surface area contributed by atoms with Gasteiger partial charge in [-0.2, -0.15) is 0 Å². The van der Waals surface area contributed by atoms with Crippen molar-refractivity contribution < 1.29 is 0 Å². The lowest BCUT2D eigenvalue weighted by molar-refractivity contribution is 0.154. The molecule has 1 unspecified atom stereocenters. The summed E-state index contributed by atoms with van der Waals surface area (Å²) in [5, 5.41) is 8.02. The highest BCUT2D eigenvalue weighted by Crippen LogP contribution is 2.42. The van der Waals surface area contributed by atoms with Crippen molar-refractivity contribution in [3.8, 4) is 0 Å². The molecule has 1 saturated carbocycles. The van der Waals surface area contributed by atoms with Crippen LogP contribution in [-0.4, -0.2) is 16.7 Å². The summed E-state index contributed by atoms with van der Waals surface area (Å²) in [6, 6.07) is 0. The van der Waals surface area contributed by atoms with Gasteiger partial charge in [-0.25, -0.2) is 0 Å². The average Bonchev–Trinajstić information content (AvgIpc) is 2.90. The number of rotatable bonds is 17. The quantitative estimate of drug-likeness (QED) is 0.217. The van der Waals surface area contributed by atoms with Crippen LogP contribution in [-0.2, 0) is 0 Å². The Balaban J connectivity index is 1.40. The fourth-order valence-corrected chi connectivity index (χ4v) is 6.38. The van der Waals surface area contributed by atoms with E-state index in [-0.39, 0.29) is 16.7 Å². The van der Waals surface area contributed by atoms with Gasteiger partial charge in [0.25, 0.3) is 0 Å². The lowest BCUT2D eigenvalue weighted by Crippen LogP contribution is -2.55. The summed E-state index contributed by atoms with van der Waals surface area (Å²) < 4.78 is 0. The average molecular weight is 449 g/mol. The van der Waals surface area contributed by atoms with Crippen molar-refractivity contribution in [2.75, 3.05) is 0 Å². The van der Waals surface area contributed by atoms with Crippen LogP contribution in [0, 0.1) is 5.92 Å². The van der Waals surface area contributed by atoms with Gasteiger partial charge in [-0.1, -0.05) is 122 Å². The maximum absolute atomic E-state index is 4.01. The molecule has 1 saturated heterocycles. The van der Waals surface area contributed by atoms with E-state index in [1.54, 1.807) is 0 Å². The minimum Gasteiger partial charge on any atom is -0.292 e. The molecular weight excluding hydrogens is 388 g/mol. The molecular formula is C30H60N2. The van der Waals surface area contributed by atoms with E-state index in [1.165, 1.54) is 135 Å². The third-order valence-electron chi connectivity index (χ3n) is 8.99. The van der Waals surface area contributed by atoms with Gasteiger partial charge in [0.15, 0.2) is 0 Å². The predicted octanol–water partition coefficient (Wildman–Crippen LogP) is 9.27. The van der Waals surface area contributed by atoms with Gasteiger partial charge in [0.2, 0.25) is 0 Å². The van der Waals surface area contributed by atoms with Gasteiger partial charge in [-0.05, 0) is 52.9 Å². The first-order valence-corrected chi connectivity index (χ1v) is 14.9. The second-order valence-electron chi connectivity index (χ2n) is 12.6. The highest BCUT2D eigenvalue weighted by atomic mass is 15.3. The summed E-state index contributed by atoms with van der Waals surface area (Å²) in [6.45, 7) is 11.8. The zero-order valence-electron chi connectivity index (χ0n) is 22.9. The van der Waals surface area contributed by atoms with Crippen molar-refractivity contribution >= 4 is 0 Å². The van der Waals surface area contributed by atoms with Crippen LogP contribution in [0.1, 0.15) is 169 Å². The molecule has 0 amide bonds. The molecule has 190 valence electrons. The Hall–Kier alpha value is -0.0800. The first-order chi connectivity index (χ1) is 15.3. The molecule has 0 radical (unpaired) electrons. The third-order valence-corrected chi connectivity index (χ3v) is 8.99. The van der Waals surface area contributed by atoms with E-state index in [2.05, 4.69) is 45.3 Å². The van der Waals surface area contributed by atoms with Crippen LogP contribution in [0.15, 0.2) is 0 Å². The lowest BCUT2D eigenvalue weighted by atomic mass is 9.78. The SMILES string of the molecule is CCCCCCCCCCCCCCCCCCC1CCCC2(C1)NC(C)(C)C(C)(C)N2. The van der Waals surface area contributed by atoms with E-state index in [0.29, 0.717) is 0 Å². The molecule has 1 heterocycles. The fraction of sp³-hybridized carbons (Fsp3) is 1.00. The first-order valence-electron chi connectivity index (χ1n) is 14.9. The second-order valence-corrected chi connectivity index (χ2v) is 12.6. The third kappa shape index (κ3) is 9.65. The molecule has 0 bridgehead atoms. The summed E-state index contributed by atoms with van der Waals surface area (Å²) in [6.07, 6.45) is 30.3. The van der Waals surface area contributed by atoms with Gasteiger partial charge in [0.05, 0.1) is 5.66 Å². The highest BCUT2D eigenvalue weighted by molar-refractivity contribution is 5.14. The Labute approximate surface area is 202 Å². The zero-order chi connectivity index (χ0) is 23.3. The maximum atomic E-state index is 4.01. The van der Waals surface area contributed by atoms with Crippen LogP contribution in [0.5, 0.6) is 0 Å². The van der Waals surface area contributed by atoms with Gasteiger partial charge >= 0.3 is 0 Å². The molecule has 2 fully saturated rings. The molecule has 2 heteroatoms. The van der Waals surface area contributed by atoms with Gasteiger partial charge in [-0.3, -0.25) is 10.6 Å². The lowest BCUT2D eigenvalue weighted by Gasteiger charge is -2.40. The van der Waals surface area contributed by atoms with E-state index in [9.17, 15) is 0 Å². The Morgan fingerprint density at radius 1 is 0.594 bits per heavy atom. The Morgan fingerprint density at radius 3 is 1.44 bits per heavy atom. The standard InChI is InChI=1S/C30H60N2/c1-6-7-8-9-10-11-12-13-14-15-16-17-18-19-20-21-23-27-24-22-25-30(26-27)31-28(2,3)29(4,5)32-30/h27,31-32H,6-26H2,1-5H3. The molecule has 0 aromatic rings. The maximum Gasteiger partial charge on any atom is 0.0699 e. The van der Waals surface area contributed by atoms with Gasteiger partial charge in [0, 0.05) is 11.1 Å². The smallest absolute Gasteiger partial charge is 0.0699 e. The molecule has 2 rings (SSSR count). The van der Waals surface area contributed by atoms with Crippen molar-refractivity contribution in [3.05, 3.63) is 0 Å². The first kappa shape index (κ1) is 28.2. The number of nitrogens with one attached hydrogen (secondary N) is 2. The molecule has 0 aromatic carbocycles. The summed E-state index contributed by atoms with van der Waals surface area (Å²) in [7, 11) is 0. The van der Waals surface area contributed by atoms with Crippen LogP contribution in [0.4, 0.5) is 0 Å². The summed E-state index contributed by atoms with van der Waals surface area (Å²) in [5.41, 5.74) is 0.539. The van der Waals surface area contributed by atoms with Crippen LogP contribution in [0.25, 0.3) is 0 Å². The number of hydrogen-bond acceptors (Lipinski definition) is 2. The van der Waals surface area contributed by atoms with E-state index in [4.69, 9.17) is 0 Å². The molecule has 2 nitrogen and oxygen atoms in total. The van der Waals surface area contributed by atoms with E-state index in [1.807, 2.05) is 0 Å². The van der Waals surface area contributed by atoms with Gasteiger partial charge in [0.1, 0.15) is 0 Å². The van der Waals surface area contributed by atoms with Crippen molar-refractivity contribution in [1.29, 1.82) is 0 Å². The molecule has 32 heavy (non-hydrogen) atoms. The zero-order valence-corrected chi connectivity index (χ0v) is 22.9. The van der Waals surface area contributed by atoms with Crippen LogP contribution >= 0.6 is 0 Å². The van der Waals surface area contributed by atoms with E-state index < -0.39 is 0 Å². The summed E-state index contributed by atoms with van der Waals surface area (Å²) >= 11 is 0. The normalized spacial score (nSPS) is 23.7. The van der Waals surface area contributed by atoms with Crippen molar-refractivity contribution in [1.82, 2.24) is 10.6 Å². The molecule has 2 N–H and O–H groups in total. The molecule has 1 atom stereocenters. The molecule has 1 aliphatic heterocycles. The Morgan fingerprint density at radius 2 is 1.00 bits per heavy atom. The van der Waals surface area contributed by atoms with Crippen LogP contribution in [0.2, 0.25) is 0 Å². The number of hydrogen-bond donors (Lipinski definition) is 2. The molecule has 1 spiro atoms. The minimum absolute atomic E-state index is 0.170. The molecule has 1 aliphatic carbocycles.